The van der Waals surface area contributed by atoms with E-state index in [4.69, 9.17) is 18.9 Å². The first-order valence-electron chi connectivity index (χ1n) is 22.2. The van der Waals surface area contributed by atoms with E-state index >= 15 is 0 Å². The second-order valence-corrected chi connectivity index (χ2v) is 20.3. The first-order valence-corrected chi connectivity index (χ1v) is 22.2. The lowest BCUT2D eigenvalue weighted by atomic mass is 9.85. The lowest BCUT2D eigenvalue weighted by Crippen LogP contribution is -2.46. The predicted octanol–water partition coefficient (Wildman–Crippen LogP) is 10.1. The summed E-state index contributed by atoms with van der Waals surface area (Å²) < 4.78 is 24.7. The van der Waals surface area contributed by atoms with Crippen molar-refractivity contribution >= 4 is 6.09 Å². The lowest BCUT2D eigenvalue weighted by molar-refractivity contribution is -0.112. The largest absolute Gasteiger partial charge is 0.444 e. The minimum Gasteiger partial charge on any atom is -0.444 e. The SMILES string of the molecule is CC(C)(C)OC(=O)N1CCC[C@H]1C1OC(C)(C)Cc2ccccc21.CC1(C)Cc2ccccc2[C@@H]([C@@H]2CCCN2)O1.CC1(C)Cc2ccccc2[C@H]([C@@H]2CCCN2)O1. The summed E-state index contributed by atoms with van der Waals surface area (Å²) in [6, 6.07) is 27.0. The van der Waals surface area contributed by atoms with Gasteiger partial charge < -0.3 is 34.5 Å². The number of amides is 1. The molecule has 0 bridgehead atoms. The quantitative estimate of drug-likeness (QED) is 0.273. The summed E-state index contributed by atoms with van der Waals surface area (Å²) in [5.41, 5.74) is 7.48. The second kappa shape index (κ2) is 17.4. The van der Waals surface area contributed by atoms with E-state index in [1.807, 2.05) is 25.7 Å². The van der Waals surface area contributed by atoms with E-state index in [9.17, 15) is 4.79 Å². The molecule has 2 N–H and O–H groups in total. The number of nitrogens with one attached hydrogen (secondary N) is 2. The van der Waals surface area contributed by atoms with E-state index in [0.29, 0.717) is 12.1 Å². The fourth-order valence-electron chi connectivity index (χ4n) is 10.1. The third kappa shape index (κ3) is 10.4. The highest BCUT2D eigenvalue weighted by molar-refractivity contribution is 5.69. The average Bonchev–Trinajstić information content (AvgIpc) is 3.97. The molecule has 6 aliphatic heterocycles. The van der Waals surface area contributed by atoms with Crippen molar-refractivity contribution < 1.29 is 23.7 Å². The molecule has 0 saturated carbocycles. The summed E-state index contributed by atoms with van der Waals surface area (Å²) in [5.74, 6) is 0. The molecule has 0 aliphatic carbocycles. The molecule has 3 aromatic carbocycles. The zero-order chi connectivity index (χ0) is 41.3. The van der Waals surface area contributed by atoms with Crippen LogP contribution in [0.5, 0.6) is 0 Å². The standard InChI is InChI=1S/C20H29NO3.2C15H21NO/c1-19(2,3)24-18(22)21-12-8-11-16(21)17-15-10-7-6-9-14(15)13-20(4,5)23-17;2*1-15(2)10-11-6-3-4-7-12(11)14(17-15)13-8-5-9-16-13/h6-7,9-10,16-17H,8,11-13H2,1-5H3;2*3-4,6-7,13-14,16H,5,8-10H2,1-2H3/t16-,17?;13-,14+;13-,14-/m000/s1. The van der Waals surface area contributed by atoms with Gasteiger partial charge in [-0.1, -0.05) is 72.8 Å². The van der Waals surface area contributed by atoms with E-state index in [1.54, 1.807) is 0 Å². The molecule has 1 unspecified atom stereocenters. The Morgan fingerprint density at radius 3 is 1.40 bits per heavy atom. The van der Waals surface area contributed by atoms with Gasteiger partial charge in [0.05, 0.1) is 35.1 Å². The van der Waals surface area contributed by atoms with Gasteiger partial charge in [-0.05, 0) is 147 Å². The Balaban J connectivity index is 0.000000135. The van der Waals surface area contributed by atoms with Crippen molar-refractivity contribution in [1.82, 2.24) is 15.5 Å². The number of carbonyl (C=O) groups is 1. The van der Waals surface area contributed by atoms with Crippen LogP contribution in [0.15, 0.2) is 72.8 Å². The van der Waals surface area contributed by atoms with Crippen molar-refractivity contribution in [2.45, 2.75) is 179 Å². The van der Waals surface area contributed by atoms with Gasteiger partial charge in [-0.25, -0.2) is 4.79 Å². The lowest BCUT2D eigenvalue weighted by Gasteiger charge is -2.42. The topological polar surface area (TPSA) is 81.3 Å². The Kier molecular flexibility index (Phi) is 12.8. The smallest absolute Gasteiger partial charge is 0.410 e. The van der Waals surface area contributed by atoms with E-state index in [1.165, 1.54) is 59.1 Å². The van der Waals surface area contributed by atoms with Crippen molar-refractivity contribution in [2.75, 3.05) is 19.6 Å². The van der Waals surface area contributed by atoms with E-state index in [-0.39, 0.29) is 47.3 Å². The molecule has 316 valence electrons. The molecule has 8 heteroatoms. The minimum absolute atomic E-state index is 0.0384. The summed E-state index contributed by atoms with van der Waals surface area (Å²) in [4.78, 5) is 14.5. The zero-order valence-corrected chi connectivity index (χ0v) is 36.9. The molecule has 3 aromatic rings. The molecule has 3 fully saturated rings. The molecule has 3 saturated heterocycles. The molecule has 1 amide bonds. The molecule has 6 atom stereocenters. The number of hydrogen-bond donors (Lipinski definition) is 2. The molecule has 6 heterocycles. The highest BCUT2D eigenvalue weighted by Crippen LogP contribution is 2.43. The van der Waals surface area contributed by atoms with Gasteiger partial charge in [-0.15, -0.1) is 0 Å². The number of nitrogens with zero attached hydrogens (tertiary/aromatic N) is 1. The molecule has 6 aliphatic rings. The van der Waals surface area contributed by atoms with Gasteiger partial charge >= 0.3 is 6.09 Å². The molecular formula is C50H71N3O5. The van der Waals surface area contributed by atoms with Crippen LogP contribution >= 0.6 is 0 Å². The van der Waals surface area contributed by atoms with Crippen LogP contribution in [-0.2, 0) is 38.2 Å². The normalized spacial score (nSPS) is 29.1. The fourth-order valence-corrected chi connectivity index (χ4v) is 10.1. The summed E-state index contributed by atoms with van der Waals surface area (Å²) in [5, 5.41) is 7.16. The molecule has 0 spiro atoms. The van der Waals surface area contributed by atoms with Gasteiger partial charge in [-0.3, -0.25) is 0 Å². The van der Waals surface area contributed by atoms with Crippen molar-refractivity contribution in [3.05, 3.63) is 106 Å². The predicted molar refractivity (Wildman–Crippen MR) is 232 cm³/mol. The number of ether oxygens (including phenoxy) is 4. The third-order valence-corrected chi connectivity index (χ3v) is 12.5. The van der Waals surface area contributed by atoms with E-state index in [0.717, 1.165) is 51.7 Å². The third-order valence-electron chi connectivity index (χ3n) is 12.5. The van der Waals surface area contributed by atoms with Gasteiger partial charge in [-0.2, -0.15) is 0 Å². The summed E-state index contributed by atoms with van der Waals surface area (Å²) in [6.45, 7) is 21.8. The van der Waals surface area contributed by atoms with Crippen molar-refractivity contribution in [3.63, 3.8) is 0 Å². The second-order valence-electron chi connectivity index (χ2n) is 20.3. The maximum absolute atomic E-state index is 12.6. The van der Waals surface area contributed by atoms with Crippen LogP contribution in [-0.4, -0.2) is 71.2 Å². The van der Waals surface area contributed by atoms with Gasteiger partial charge in [0.1, 0.15) is 11.7 Å². The van der Waals surface area contributed by atoms with Crippen LogP contribution in [0.25, 0.3) is 0 Å². The zero-order valence-electron chi connectivity index (χ0n) is 36.9. The number of likely N-dealkylation sites (tertiary alicyclic amines) is 1. The highest BCUT2D eigenvalue weighted by atomic mass is 16.6. The summed E-state index contributed by atoms with van der Waals surface area (Å²) in [6.07, 6.45) is 10.0. The maximum atomic E-state index is 12.6. The molecular weight excluding hydrogens is 723 g/mol. The van der Waals surface area contributed by atoms with Gasteiger partial charge in [0.2, 0.25) is 0 Å². The number of fused-ring (bicyclic) bond motifs is 3. The number of hydrogen-bond acceptors (Lipinski definition) is 7. The van der Waals surface area contributed by atoms with E-state index in [2.05, 4.69) is 125 Å². The Labute approximate surface area is 349 Å². The van der Waals surface area contributed by atoms with Crippen molar-refractivity contribution in [3.8, 4) is 0 Å². The van der Waals surface area contributed by atoms with Crippen LogP contribution in [0.3, 0.4) is 0 Å². The highest BCUT2D eigenvalue weighted by Gasteiger charge is 2.44. The van der Waals surface area contributed by atoms with Gasteiger partial charge in [0.25, 0.3) is 0 Å². The summed E-state index contributed by atoms with van der Waals surface area (Å²) >= 11 is 0. The van der Waals surface area contributed by atoms with Crippen LogP contribution in [0.2, 0.25) is 0 Å². The number of carbonyl (C=O) groups excluding carboxylic acids is 1. The molecule has 0 radical (unpaired) electrons. The Morgan fingerprint density at radius 2 is 1.00 bits per heavy atom. The number of benzene rings is 3. The summed E-state index contributed by atoms with van der Waals surface area (Å²) in [7, 11) is 0. The number of rotatable bonds is 3. The molecule has 9 rings (SSSR count). The molecule has 0 aromatic heterocycles. The van der Waals surface area contributed by atoms with Crippen LogP contribution in [0.4, 0.5) is 4.79 Å². The van der Waals surface area contributed by atoms with Crippen LogP contribution in [0, 0.1) is 0 Å². The Bertz CT molecular complexity index is 1770. The van der Waals surface area contributed by atoms with Gasteiger partial charge in [0, 0.05) is 37.9 Å². The fraction of sp³-hybridized carbons (Fsp3) is 0.620. The average molecular weight is 794 g/mol. The van der Waals surface area contributed by atoms with Crippen molar-refractivity contribution in [2.24, 2.45) is 0 Å². The molecule has 8 nitrogen and oxygen atoms in total. The minimum atomic E-state index is -0.477. The van der Waals surface area contributed by atoms with Crippen molar-refractivity contribution in [1.29, 1.82) is 0 Å². The monoisotopic (exact) mass is 794 g/mol. The Morgan fingerprint density at radius 1 is 0.603 bits per heavy atom. The van der Waals surface area contributed by atoms with Crippen LogP contribution in [0.1, 0.15) is 153 Å². The maximum Gasteiger partial charge on any atom is 0.410 e. The first kappa shape index (κ1) is 42.8. The van der Waals surface area contributed by atoms with E-state index < -0.39 is 5.60 Å². The van der Waals surface area contributed by atoms with Crippen LogP contribution < -0.4 is 10.6 Å². The first-order chi connectivity index (χ1) is 27.5. The van der Waals surface area contributed by atoms with Gasteiger partial charge in [0.15, 0.2) is 0 Å². The molecule has 58 heavy (non-hydrogen) atoms. The Hall–Kier alpha value is -3.27.